The van der Waals surface area contributed by atoms with E-state index in [-0.39, 0.29) is 0 Å². The van der Waals surface area contributed by atoms with Gasteiger partial charge in [0.1, 0.15) is 0 Å². The maximum absolute atomic E-state index is 2.39. The van der Waals surface area contributed by atoms with Crippen molar-refractivity contribution in [1.82, 2.24) is 0 Å². The third kappa shape index (κ3) is 8.19. The summed E-state index contributed by atoms with van der Waals surface area (Å²) in [6.07, 6.45) is 17.9. The number of unbranched alkanes of at least 4 members (excludes halogenated alkanes) is 6. The van der Waals surface area contributed by atoms with Crippen LogP contribution >= 0.6 is 0 Å². The first-order valence-corrected chi connectivity index (χ1v) is 7.83. The molecule has 0 aromatic rings. The van der Waals surface area contributed by atoms with Gasteiger partial charge in [-0.15, -0.1) is 0 Å². The monoisotopic (exact) mass is 224 g/mol. The Morgan fingerprint density at radius 3 is 2.00 bits per heavy atom. The zero-order valence-corrected chi connectivity index (χ0v) is 11.6. The van der Waals surface area contributed by atoms with E-state index in [4.69, 9.17) is 0 Å². The summed E-state index contributed by atoms with van der Waals surface area (Å²) in [4.78, 5) is 0. The predicted molar refractivity (Wildman–Crippen MR) is 73.7 cm³/mol. The Kier molecular flexibility index (Phi) is 7.98. The van der Waals surface area contributed by atoms with Gasteiger partial charge in [-0.3, -0.25) is 0 Å². The maximum atomic E-state index is 2.39. The lowest BCUT2D eigenvalue weighted by atomic mass is 9.99. The van der Waals surface area contributed by atoms with E-state index in [0.717, 1.165) is 11.8 Å². The third-order valence-electron chi connectivity index (χ3n) is 4.20. The van der Waals surface area contributed by atoms with Gasteiger partial charge in [0.2, 0.25) is 0 Å². The maximum Gasteiger partial charge on any atom is -0.0414 e. The number of hydrogen-bond donors (Lipinski definition) is 0. The smallest absolute Gasteiger partial charge is 0.0414 e. The van der Waals surface area contributed by atoms with Gasteiger partial charge in [-0.2, -0.15) is 0 Å². The molecule has 1 fully saturated rings. The van der Waals surface area contributed by atoms with Crippen molar-refractivity contribution in [3.63, 3.8) is 0 Å². The van der Waals surface area contributed by atoms with Crippen molar-refractivity contribution in [2.24, 2.45) is 11.8 Å². The summed E-state index contributed by atoms with van der Waals surface area (Å²) in [5.41, 5.74) is 0. The van der Waals surface area contributed by atoms with Gasteiger partial charge in [0.25, 0.3) is 0 Å². The Bertz CT molecular complexity index is 146. The van der Waals surface area contributed by atoms with Crippen LogP contribution in [0.3, 0.4) is 0 Å². The van der Waals surface area contributed by atoms with Crippen LogP contribution < -0.4 is 0 Å². The fraction of sp³-hybridized carbons (Fsp3) is 1.00. The highest BCUT2D eigenvalue weighted by atomic mass is 14.3. The Balaban J connectivity index is 1.67. The van der Waals surface area contributed by atoms with Gasteiger partial charge in [0.05, 0.1) is 0 Å². The first-order valence-electron chi connectivity index (χ1n) is 7.83. The first kappa shape index (κ1) is 14.1. The van der Waals surface area contributed by atoms with Gasteiger partial charge >= 0.3 is 0 Å². The van der Waals surface area contributed by atoms with Gasteiger partial charge in [-0.25, -0.2) is 0 Å². The Morgan fingerprint density at radius 1 is 0.875 bits per heavy atom. The predicted octanol–water partition coefficient (Wildman–Crippen LogP) is 5.95. The van der Waals surface area contributed by atoms with Crippen LogP contribution in [0.25, 0.3) is 0 Å². The molecule has 0 aliphatic heterocycles. The molecule has 16 heavy (non-hydrogen) atoms. The van der Waals surface area contributed by atoms with Crippen molar-refractivity contribution in [2.75, 3.05) is 0 Å². The molecule has 0 heterocycles. The van der Waals surface area contributed by atoms with Crippen LogP contribution in [0, 0.1) is 11.8 Å². The average molecular weight is 224 g/mol. The van der Waals surface area contributed by atoms with Crippen LogP contribution in [0.2, 0.25) is 0 Å². The minimum absolute atomic E-state index is 0.957. The molecule has 0 radical (unpaired) electrons. The van der Waals surface area contributed by atoms with Crippen molar-refractivity contribution in [3.05, 3.63) is 0 Å². The van der Waals surface area contributed by atoms with Crippen molar-refractivity contribution < 1.29 is 0 Å². The normalized spacial score (nSPS) is 17.6. The van der Waals surface area contributed by atoms with Gasteiger partial charge in [0.15, 0.2) is 0 Å². The summed E-state index contributed by atoms with van der Waals surface area (Å²) >= 11 is 0. The first-order chi connectivity index (χ1) is 7.83. The topological polar surface area (TPSA) is 0 Å². The van der Waals surface area contributed by atoms with Crippen LogP contribution in [0.5, 0.6) is 0 Å². The van der Waals surface area contributed by atoms with E-state index in [0.29, 0.717) is 0 Å². The Labute approximate surface area is 103 Å². The zero-order valence-electron chi connectivity index (χ0n) is 11.6. The molecule has 0 heteroatoms. The molecule has 0 saturated heterocycles. The summed E-state index contributed by atoms with van der Waals surface area (Å²) in [6, 6.07) is 0. The van der Waals surface area contributed by atoms with Crippen molar-refractivity contribution in [2.45, 2.75) is 90.9 Å². The molecule has 1 aliphatic carbocycles. The fourth-order valence-corrected chi connectivity index (χ4v) is 2.42. The van der Waals surface area contributed by atoms with E-state index >= 15 is 0 Å². The Morgan fingerprint density at radius 2 is 1.44 bits per heavy atom. The molecule has 96 valence electrons. The molecule has 0 bridgehead atoms. The summed E-state index contributed by atoms with van der Waals surface area (Å²) in [6.45, 7) is 4.70. The van der Waals surface area contributed by atoms with Gasteiger partial charge in [0, 0.05) is 0 Å². The molecule has 0 aromatic heterocycles. The lowest BCUT2D eigenvalue weighted by Crippen LogP contribution is -1.91. The van der Waals surface area contributed by atoms with Crippen LogP contribution in [-0.4, -0.2) is 0 Å². The fourth-order valence-electron chi connectivity index (χ4n) is 2.42. The molecule has 0 spiro atoms. The minimum Gasteiger partial charge on any atom is -0.0651 e. The quantitative estimate of drug-likeness (QED) is 0.380. The lowest BCUT2D eigenvalue weighted by molar-refractivity contribution is 0.469. The van der Waals surface area contributed by atoms with E-state index in [1.165, 1.54) is 77.0 Å². The van der Waals surface area contributed by atoms with Gasteiger partial charge < -0.3 is 0 Å². The summed E-state index contributed by atoms with van der Waals surface area (Å²) in [5, 5.41) is 0. The molecule has 1 atom stereocenters. The van der Waals surface area contributed by atoms with Crippen LogP contribution in [0.15, 0.2) is 0 Å². The second kappa shape index (κ2) is 9.07. The molecule has 0 amide bonds. The largest absolute Gasteiger partial charge is 0.0651 e. The van der Waals surface area contributed by atoms with E-state index in [1.807, 2.05) is 0 Å². The molecule has 1 aliphatic rings. The molecular formula is C16H32. The highest BCUT2D eigenvalue weighted by molar-refractivity contribution is 4.72. The van der Waals surface area contributed by atoms with E-state index in [9.17, 15) is 0 Å². The van der Waals surface area contributed by atoms with Gasteiger partial charge in [-0.05, 0) is 11.8 Å². The van der Waals surface area contributed by atoms with Gasteiger partial charge in [-0.1, -0.05) is 90.9 Å². The molecule has 1 saturated carbocycles. The van der Waals surface area contributed by atoms with E-state index in [2.05, 4.69) is 13.8 Å². The zero-order chi connectivity index (χ0) is 11.6. The molecule has 0 N–H and O–H groups in total. The minimum atomic E-state index is 0.957. The van der Waals surface area contributed by atoms with Crippen LogP contribution in [0.4, 0.5) is 0 Å². The average Bonchev–Trinajstić information content (AvgIpc) is 3.10. The highest BCUT2D eigenvalue weighted by Crippen LogP contribution is 2.34. The lowest BCUT2D eigenvalue weighted by Gasteiger charge is -2.07. The summed E-state index contributed by atoms with van der Waals surface area (Å²) in [7, 11) is 0. The molecule has 0 aromatic carbocycles. The van der Waals surface area contributed by atoms with Crippen molar-refractivity contribution in [3.8, 4) is 0 Å². The second-order valence-corrected chi connectivity index (χ2v) is 6.01. The molecule has 1 unspecified atom stereocenters. The summed E-state index contributed by atoms with van der Waals surface area (Å²) in [5.74, 6) is 2.11. The number of hydrogen-bond acceptors (Lipinski definition) is 0. The van der Waals surface area contributed by atoms with Crippen molar-refractivity contribution >= 4 is 0 Å². The molecule has 1 rings (SSSR count). The van der Waals surface area contributed by atoms with Crippen molar-refractivity contribution in [1.29, 1.82) is 0 Å². The SMILES string of the molecule is CCC(C)CCCCCCCCCC1CC1. The summed E-state index contributed by atoms with van der Waals surface area (Å²) < 4.78 is 0. The molecule has 0 nitrogen and oxygen atoms in total. The molecular weight excluding hydrogens is 192 g/mol. The Hall–Kier alpha value is 0. The van der Waals surface area contributed by atoms with E-state index in [1.54, 1.807) is 0 Å². The van der Waals surface area contributed by atoms with E-state index < -0.39 is 0 Å². The standard InChI is InChI=1S/C16H32/c1-3-15(2)11-9-7-5-4-6-8-10-12-16-13-14-16/h15-16H,3-14H2,1-2H3. The highest BCUT2D eigenvalue weighted by Gasteiger charge is 2.19. The third-order valence-corrected chi connectivity index (χ3v) is 4.20. The number of rotatable bonds is 11. The second-order valence-electron chi connectivity index (χ2n) is 6.01. The van der Waals surface area contributed by atoms with Crippen LogP contribution in [-0.2, 0) is 0 Å². The van der Waals surface area contributed by atoms with Crippen LogP contribution in [0.1, 0.15) is 90.9 Å².